The smallest absolute Gasteiger partial charge is 0.267 e. The molecule has 0 radical (unpaired) electrons. The van der Waals surface area contributed by atoms with E-state index >= 15 is 0 Å². The summed E-state index contributed by atoms with van der Waals surface area (Å²) >= 11 is 5.87. The van der Waals surface area contributed by atoms with E-state index < -0.39 is 0 Å². The van der Waals surface area contributed by atoms with Gasteiger partial charge in [-0.1, -0.05) is 54.9 Å². The number of carbonyl (C=O) groups excluding carboxylic acids is 1. The van der Waals surface area contributed by atoms with Crippen molar-refractivity contribution in [2.24, 2.45) is 5.10 Å². The maximum absolute atomic E-state index is 12.0. The number of carbonyl (C=O) groups is 1. The summed E-state index contributed by atoms with van der Waals surface area (Å²) in [6.45, 7) is 2.02. The molecule has 3 nitrogen and oxygen atoms in total. The Morgan fingerprint density at radius 3 is 2.57 bits per heavy atom. The van der Waals surface area contributed by atoms with Crippen molar-refractivity contribution in [2.75, 3.05) is 0 Å². The predicted molar refractivity (Wildman–Crippen MR) is 86.8 cm³/mol. The highest BCUT2D eigenvalue weighted by Gasteiger charge is 2.05. The van der Waals surface area contributed by atoms with Crippen LogP contribution >= 0.6 is 11.6 Å². The van der Waals surface area contributed by atoms with E-state index in [0.717, 1.165) is 18.6 Å². The molecular formula is C17H17ClN2O. The first-order valence-electron chi connectivity index (χ1n) is 6.84. The van der Waals surface area contributed by atoms with Gasteiger partial charge in [-0.15, -0.1) is 0 Å². The largest absolute Gasteiger partial charge is 0.271 e. The van der Waals surface area contributed by atoms with Gasteiger partial charge in [-0.3, -0.25) is 4.79 Å². The Kier molecular flexibility index (Phi) is 5.52. The van der Waals surface area contributed by atoms with E-state index in [2.05, 4.69) is 10.5 Å². The molecule has 0 aliphatic rings. The van der Waals surface area contributed by atoms with Gasteiger partial charge in [0.05, 0.1) is 0 Å². The second kappa shape index (κ2) is 7.60. The van der Waals surface area contributed by atoms with Gasteiger partial charge in [-0.2, -0.15) is 5.10 Å². The molecule has 0 aliphatic heterocycles. The number of rotatable bonds is 5. The van der Waals surface area contributed by atoms with Crippen LogP contribution in [0.2, 0.25) is 5.02 Å². The number of benzene rings is 2. The second-order valence-electron chi connectivity index (χ2n) is 4.65. The molecule has 0 heterocycles. The third-order valence-corrected chi connectivity index (χ3v) is 3.30. The first kappa shape index (κ1) is 15.3. The molecule has 0 aromatic heterocycles. The van der Waals surface area contributed by atoms with E-state index in [-0.39, 0.29) is 5.91 Å². The second-order valence-corrected chi connectivity index (χ2v) is 5.08. The molecule has 0 unspecified atom stereocenters. The van der Waals surface area contributed by atoms with Crippen molar-refractivity contribution in [2.45, 2.75) is 19.8 Å². The molecule has 0 saturated carbocycles. The Balaban J connectivity index is 2.02. The molecule has 1 N–H and O–H groups in total. The lowest BCUT2D eigenvalue weighted by Crippen LogP contribution is -2.20. The fourth-order valence-corrected chi connectivity index (χ4v) is 2.09. The first-order chi connectivity index (χ1) is 10.2. The Hall–Kier alpha value is -2.13. The molecule has 0 atom stereocenters. The molecule has 0 bridgehead atoms. The van der Waals surface area contributed by atoms with Gasteiger partial charge in [0.15, 0.2) is 0 Å². The summed E-state index contributed by atoms with van der Waals surface area (Å²) in [6.07, 6.45) is 1.51. The summed E-state index contributed by atoms with van der Waals surface area (Å²) in [4.78, 5) is 12.0. The van der Waals surface area contributed by atoms with Crippen LogP contribution in [0.4, 0.5) is 0 Å². The average Bonchev–Trinajstić information content (AvgIpc) is 2.52. The zero-order chi connectivity index (χ0) is 15.1. The van der Waals surface area contributed by atoms with E-state index in [0.29, 0.717) is 10.6 Å². The van der Waals surface area contributed by atoms with E-state index in [4.69, 9.17) is 11.6 Å². The molecule has 108 valence electrons. The predicted octanol–water partition coefficient (Wildman–Crippen LogP) is 4.08. The quantitative estimate of drug-likeness (QED) is 0.656. The minimum absolute atomic E-state index is 0.253. The summed E-state index contributed by atoms with van der Waals surface area (Å²) in [6, 6.07) is 16.9. The Labute approximate surface area is 129 Å². The highest BCUT2D eigenvalue weighted by Crippen LogP contribution is 2.10. The molecule has 2 aromatic rings. The van der Waals surface area contributed by atoms with E-state index in [1.807, 2.05) is 37.3 Å². The average molecular weight is 301 g/mol. The molecule has 1 amide bonds. The molecule has 2 rings (SSSR count). The van der Waals surface area contributed by atoms with Crippen molar-refractivity contribution in [3.8, 4) is 0 Å². The van der Waals surface area contributed by atoms with Crippen molar-refractivity contribution in [3.05, 3.63) is 70.7 Å². The van der Waals surface area contributed by atoms with Gasteiger partial charge in [0, 0.05) is 22.7 Å². The number of amides is 1. The zero-order valence-corrected chi connectivity index (χ0v) is 12.6. The van der Waals surface area contributed by atoms with Crippen LogP contribution in [0.25, 0.3) is 0 Å². The summed E-state index contributed by atoms with van der Waals surface area (Å²) < 4.78 is 0. The Bertz CT molecular complexity index is 638. The van der Waals surface area contributed by atoms with Crippen LogP contribution in [0.3, 0.4) is 0 Å². The van der Waals surface area contributed by atoms with Crippen LogP contribution in [0, 0.1) is 0 Å². The van der Waals surface area contributed by atoms with E-state index in [9.17, 15) is 4.79 Å². The van der Waals surface area contributed by atoms with E-state index in [1.165, 1.54) is 5.56 Å². The van der Waals surface area contributed by atoms with Crippen LogP contribution in [-0.2, 0) is 6.42 Å². The van der Waals surface area contributed by atoms with Crippen molar-refractivity contribution >= 4 is 23.2 Å². The number of nitrogens with zero attached hydrogens (tertiary/aromatic N) is 1. The lowest BCUT2D eigenvalue weighted by Gasteiger charge is -2.05. The minimum atomic E-state index is -0.253. The fourth-order valence-electron chi connectivity index (χ4n) is 1.90. The normalized spacial score (nSPS) is 11.2. The number of hydrogen-bond acceptors (Lipinski definition) is 2. The Morgan fingerprint density at radius 2 is 1.90 bits per heavy atom. The van der Waals surface area contributed by atoms with Crippen LogP contribution in [-0.4, -0.2) is 11.6 Å². The van der Waals surface area contributed by atoms with Gasteiger partial charge >= 0.3 is 0 Å². The molecule has 2 aromatic carbocycles. The van der Waals surface area contributed by atoms with Crippen molar-refractivity contribution in [1.82, 2.24) is 5.43 Å². The zero-order valence-electron chi connectivity index (χ0n) is 11.8. The lowest BCUT2D eigenvalue weighted by atomic mass is 10.1. The van der Waals surface area contributed by atoms with Gasteiger partial charge in [-0.25, -0.2) is 5.43 Å². The SMILES string of the molecule is CCC(Cc1ccccc1)=NNC(=O)c1cccc(Cl)c1. The van der Waals surface area contributed by atoms with Gasteiger partial charge in [0.1, 0.15) is 0 Å². The number of nitrogens with one attached hydrogen (secondary N) is 1. The summed E-state index contributed by atoms with van der Waals surface area (Å²) in [5.41, 5.74) is 5.19. The van der Waals surface area contributed by atoms with Gasteiger partial charge in [0.25, 0.3) is 5.91 Å². The minimum Gasteiger partial charge on any atom is -0.267 e. The standard InChI is InChI=1S/C17H17ClN2O/c1-2-16(11-13-7-4-3-5-8-13)19-20-17(21)14-9-6-10-15(18)12-14/h3-10,12H,2,11H2,1H3,(H,20,21). The summed E-state index contributed by atoms with van der Waals surface area (Å²) in [5, 5.41) is 4.75. The van der Waals surface area contributed by atoms with Crippen molar-refractivity contribution < 1.29 is 4.79 Å². The van der Waals surface area contributed by atoms with Gasteiger partial charge in [-0.05, 0) is 30.2 Å². The monoisotopic (exact) mass is 300 g/mol. The lowest BCUT2D eigenvalue weighted by molar-refractivity contribution is 0.0954. The highest BCUT2D eigenvalue weighted by atomic mass is 35.5. The molecule has 21 heavy (non-hydrogen) atoms. The Morgan fingerprint density at radius 1 is 1.14 bits per heavy atom. The highest BCUT2D eigenvalue weighted by molar-refractivity contribution is 6.30. The maximum Gasteiger partial charge on any atom is 0.271 e. The summed E-state index contributed by atoms with van der Waals surface area (Å²) in [5.74, 6) is -0.253. The van der Waals surface area contributed by atoms with Gasteiger partial charge in [0.2, 0.25) is 0 Å². The van der Waals surface area contributed by atoms with Crippen LogP contribution in [0.1, 0.15) is 29.3 Å². The van der Waals surface area contributed by atoms with Crippen LogP contribution in [0.5, 0.6) is 0 Å². The molecule has 0 fully saturated rings. The molecule has 0 aliphatic carbocycles. The fraction of sp³-hybridized carbons (Fsp3) is 0.176. The van der Waals surface area contributed by atoms with Crippen LogP contribution < -0.4 is 5.43 Å². The first-order valence-corrected chi connectivity index (χ1v) is 7.22. The molecule has 0 saturated heterocycles. The topological polar surface area (TPSA) is 41.5 Å². The molecule has 0 spiro atoms. The molecule has 4 heteroatoms. The third-order valence-electron chi connectivity index (χ3n) is 3.06. The van der Waals surface area contributed by atoms with E-state index in [1.54, 1.807) is 24.3 Å². The number of halogens is 1. The summed E-state index contributed by atoms with van der Waals surface area (Å²) in [7, 11) is 0. The number of hydrazone groups is 1. The van der Waals surface area contributed by atoms with Crippen LogP contribution in [0.15, 0.2) is 59.7 Å². The number of hydrogen-bond donors (Lipinski definition) is 1. The molecular weight excluding hydrogens is 284 g/mol. The van der Waals surface area contributed by atoms with Gasteiger partial charge < -0.3 is 0 Å². The van der Waals surface area contributed by atoms with Crippen molar-refractivity contribution in [3.63, 3.8) is 0 Å². The van der Waals surface area contributed by atoms with Crippen molar-refractivity contribution in [1.29, 1.82) is 0 Å². The maximum atomic E-state index is 12.0. The third kappa shape index (κ3) is 4.72.